The number of thiocarbonyl (C=S) groups is 1. The van der Waals surface area contributed by atoms with Crippen LogP contribution in [0, 0.1) is 6.92 Å². The van der Waals surface area contributed by atoms with Crippen LogP contribution in [0.2, 0.25) is 10.0 Å². The molecular weight excluding hydrogens is 327 g/mol. The van der Waals surface area contributed by atoms with Crippen molar-refractivity contribution in [3.63, 3.8) is 0 Å². The molecule has 0 saturated heterocycles. The molecule has 108 valence electrons. The third-order valence-corrected chi connectivity index (χ3v) is 3.55. The molecule has 2 aromatic carbocycles. The minimum absolute atomic E-state index is 0.209. The molecule has 0 aliphatic heterocycles. The Bertz CT molecular complexity index is 704. The maximum atomic E-state index is 12.1. The number of hydrogen-bond acceptors (Lipinski definition) is 2. The molecular formula is C15H12Cl2N2OS. The first-order chi connectivity index (χ1) is 9.97. The summed E-state index contributed by atoms with van der Waals surface area (Å²) in [6, 6.07) is 12.3. The van der Waals surface area contributed by atoms with Gasteiger partial charge in [0.05, 0.1) is 10.6 Å². The van der Waals surface area contributed by atoms with Crippen LogP contribution in [0.4, 0.5) is 5.69 Å². The lowest BCUT2D eigenvalue weighted by Gasteiger charge is -2.12. The van der Waals surface area contributed by atoms with E-state index in [1.54, 1.807) is 12.1 Å². The van der Waals surface area contributed by atoms with Crippen molar-refractivity contribution < 1.29 is 4.79 Å². The SMILES string of the molecule is Cc1ccccc1NC(=S)NC(=O)c1ccc(Cl)cc1Cl. The Labute approximate surface area is 138 Å². The predicted octanol–water partition coefficient (Wildman–Crippen LogP) is 4.43. The Morgan fingerprint density at radius 3 is 2.52 bits per heavy atom. The van der Waals surface area contributed by atoms with Crippen LogP contribution in [0.1, 0.15) is 15.9 Å². The third kappa shape index (κ3) is 4.17. The second-order valence-corrected chi connectivity index (χ2v) is 5.60. The number of hydrogen-bond donors (Lipinski definition) is 2. The van der Waals surface area contributed by atoms with E-state index in [1.165, 1.54) is 6.07 Å². The minimum Gasteiger partial charge on any atom is -0.332 e. The van der Waals surface area contributed by atoms with E-state index in [9.17, 15) is 4.79 Å². The summed E-state index contributed by atoms with van der Waals surface area (Å²) in [5, 5.41) is 6.51. The number of anilines is 1. The Hall–Kier alpha value is -1.62. The van der Waals surface area contributed by atoms with Crippen LogP contribution in [0.15, 0.2) is 42.5 Å². The molecule has 0 aliphatic carbocycles. The normalized spacial score (nSPS) is 10.0. The van der Waals surface area contributed by atoms with Crippen molar-refractivity contribution in [3.8, 4) is 0 Å². The van der Waals surface area contributed by atoms with Gasteiger partial charge in [0.15, 0.2) is 5.11 Å². The van der Waals surface area contributed by atoms with E-state index < -0.39 is 0 Å². The van der Waals surface area contributed by atoms with Crippen LogP contribution in [-0.4, -0.2) is 11.0 Å². The number of para-hydroxylation sites is 1. The standard InChI is InChI=1S/C15H12Cl2N2OS/c1-9-4-2-3-5-13(9)18-15(21)19-14(20)11-7-6-10(16)8-12(11)17/h2-8H,1H3,(H2,18,19,20,21). The fraction of sp³-hybridized carbons (Fsp3) is 0.0667. The second-order valence-electron chi connectivity index (χ2n) is 4.35. The average Bonchev–Trinajstić information content (AvgIpc) is 2.41. The van der Waals surface area contributed by atoms with Gasteiger partial charge in [-0.25, -0.2) is 0 Å². The van der Waals surface area contributed by atoms with Crippen molar-refractivity contribution in [3.05, 3.63) is 63.6 Å². The quantitative estimate of drug-likeness (QED) is 0.796. The summed E-state index contributed by atoms with van der Waals surface area (Å²) in [6.45, 7) is 1.95. The first-order valence-electron chi connectivity index (χ1n) is 6.10. The van der Waals surface area contributed by atoms with Crippen LogP contribution >= 0.6 is 35.4 Å². The lowest BCUT2D eigenvalue weighted by Crippen LogP contribution is -2.34. The van der Waals surface area contributed by atoms with Gasteiger partial charge in [-0.2, -0.15) is 0 Å². The molecule has 0 radical (unpaired) electrons. The Balaban J connectivity index is 2.06. The van der Waals surface area contributed by atoms with Gasteiger partial charge in [-0.15, -0.1) is 0 Å². The number of carbonyl (C=O) groups excluding carboxylic acids is 1. The summed E-state index contributed by atoms with van der Waals surface area (Å²) in [5.41, 5.74) is 2.18. The molecule has 0 heterocycles. The Morgan fingerprint density at radius 1 is 1.14 bits per heavy atom. The molecule has 6 heteroatoms. The molecule has 0 unspecified atom stereocenters. The molecule has 0 bridgehead atoms. The van der Waals surface area contributed by atoms with E-state index in [-0.39, 0.29) is 16.0 Å². The molecule has 3 nitrogen and oxygen atoms in total. The lowest BCUT2D eigenvalue weighted by molar-refractivity contribution is 0.0978. The fourth-order valence-electron chi connectivity index (χ4n) is 1.71. The maximum absolute atomic E-state index is 12.1. The largest absolute Gasteiger partial charge is 0.332 e. The number of nitrogens with one attached hydrogen (secondary N) is 2. The Kier molecular flexibility index (Phi) is 5.17. The maximum Gasteiger partial charge on any atom is 0.258 e. The van der Waals surface area contributed by atoms with Gasteiger partial charge in [0.2, 0.25) is 0 Å². The molecule has 0 saturated carbocycles. The molecule has 2 N–H and O–H groups in total. The first-order valence-corrected chi connectivity index (χ1v) is 7.27. The fourth-order valence-corrected chi connectivity index (χ4v) is 2.41. The van der Waals surface area contributed by atoms with Gasteiger partial charge in [0.1, 0.15) is 0 Å². The van der Waals surface area contributed by atoms with Gasteiger partial charge in [-0.1, -0.05) is 41.4 Å². The summed E-state index contributed by atoms with van der Waals surface area (Å²) >= 11 is 16.9. The van der Waals surface area contributed by atoms with E-state index >= 15 is 0 Å². The van der Waals surface area contributed by atoms with Crippen molar-refractivity contribution in [1.82, 2.24) is 5.32 Å². The molecule has 2 aromatic rings. The molecule has 1 amide bonds. The average molecular weight is 339 g/mol. The second kappa shape index (κ2) is 6.89. The van der Waals surface area contributed by atoms with Crippen LogP contribution in [-0.2, 0) is 0 Å². The number of carbonyl (C=O) groups is 1. The molecule has 0 fully saturated rings. The van der Waals surface area contributed by atoms with Gasteiger partial charge in [0, 0.05) is 10.7 Å². The van der Waals surface area contributed by atoms with E-state index in [0.717, 1.165) is 11.3 Å². The molecule has 0 aromatic heterocycles. The van der Waals surface area contributed by atoms with Crippen LogP contribution in [0.5, 0.6) is 0 Å². The monoisotopic (exact) mass is 338 g/mol. The smallest absolute Gasteiger partial charge is 0.258 e. The van der Waals surface area contributed by atoms with Crippen molar-refractivity contribution in [1.29, 1.82) is 0 Å². The van der Waals surface area contributed by atoms with E-state index in [4.69, 9.17) is 35.4 Å². The summed E-state index contributed by atoms with van der Waals surface area (Å²) in [6.07, 6.45) is 0. The van der Waals surface area contributed by atoms with Gasteiger partial charge in [0.25, 0.3) is 5.91 Å². The van der Waals surface area contributed by atoms with Gasteiger partial charge in [-0.05, 0) is 49.0 Å². The molecule has 2 rings (SSSR count). The highest BCUT2D eigenvalue weighted by atomic mass is 35.5. The zero-order valence-corrected chi connectivity index (χ0v) is 13.4. The van der Waals surface area contributed by atoms with Crippen LogP contribution < -0.4 is 10.6 Å². The first kappa shape index (κ1) is 15.8. The number of amides is 1. The highest BCUT2D eigenvalue weighted by Crippen LogP contribution is 2.21. The summed E-state index contributed by atoms with van der Waals surface area (Å²) < 4.78 is 0. The number of benzene rings is 2. The van der Waals surface area contributed by atoms with E-state index in [1.807, 2.05) is 31.2 Å². The van der Waals surface area contributed by atoms with Gasteiger partial charge >= 0.3 is 0 Å². The Morgan fingerprint density at radius 2 is 1.86 bits per heavy atom. The summed E-state index contributed by atoms with van der Waals surface area (Å²) in [7, 11) is 0. The van der Waals surface area contributed by atoms with Crippen molar-refractivity contribution in [2.24, 2.45) is 0 Å². The van der Waals surface area contributed by atoms with E-state index in [2.05, 4.69) is 10.6 Å². The molecule has 0 atom stereocenters. The zero-order chi connectivity index (χ0) is 15.4. The van der Waals surface area contributed by atoms with Gasteiger partial charge < -0.3 is 5.32 Å². The van der Waals surface area contributed by atoms with Crippen molar-refractivity contribution in [2.75, 3.05) is 5.32 Å². The van der Waals surface area contributed by atoms with Crippen molar-refractivity contribution in [2.45, 2.75) is 6.92 Å². The number of aryl methyl sites for hydroxylation is 1. The number of halogens is 2. The van der Waals surface area contributed by atoms with Crippen LogP contribution in [0.3, 0.4) is 0 Å². The van der Waals surface area contributed by atoms with Crippen LogP contribution in [0.25, 0.3) is 0 Å². The lowest BCUT2D eigenvalue weighted by atomic mass is 10.2. The minimum atomic E-state index is -0.386. The summed E-state index contributed by atoms with van der Waals surface area (Å²) in [4.78, 5) is 12.1. The zero-order valence-electron chi connectivity index (χ0n) is 11.1. The molecule has 21 heavy (non-hydrogen) atoms. The predicted molar refractivity (Wildman–Crippen MR) is 91.3 cm³/mol. The van der Waals surface area contributed by atoms with Gasteiger partial charge in [-0.3, -0.25) is 10.1 Å². The number of rotatable bonds is 2. The third-order valence-electron chi connectivity index (χ3n) is 2.80. The highest BCUT2D eigenvalue weighted by Gasteiger charge is 2.12. The van der Waals surface area contributed by atoms with Crippen molar-refractivity contribution >= 4 is 52.1 Å². The molecule has 0 spiro atoms. The summed E-state index contributed by atoms with van der Waals surface area (Å²) in [5.74, 6) is -0.386. The molecule has 0 aliphatic rings. The van der Waals surface area contributed by atoms with E-state index in [0.29, 0.717) is 10.6 Å². The topological polar surface area (TPSA) is 41.1 Å². The highest BCUT2D eigenvalue weighted by molar-refractivity contribution is 7.80.